The Kier molecular flexibility index (Phi) is 5.93. The summed E-state index contributed by atoms with van der Waals surface area (Å²) in [4.78, 5) is 19.5. The van der Waals surface area contributed by atoms with Crippen LogP contribution >= 0.6 is 0 Å². The second-order valence-electron chi connectivity index (χ2n) is 7.50. The molecule has 0 aliphatic rings. The number of carbonyl (C=O) groups excluding carboxylic acids is 1. The molecule has 1 heterocycles. The van der Waals surface area contributed by atoms with E-state index in [0.29, 0.717) is 6.42 Å². The Labute approximate surface area is 133 Å². The average Bonchev–Trinajstić information content (AvgIpc) is 2.89. The van der Waals surface area contributed by atoms with Crippen molar-refractivity contribution in [2.75, 3.05) is 0 Å². The summed E-state index contributed by atoms with van der Waals surface area (Å²) in [5.41, 5.74) is -0.705. The Hall–Kier alpha value is -1.20. The van der Waals surface area contributed by atoms with Crippen molar-refractivity contribution >= 4 is 5.78 Å². The molecule has 0 spiro atoms. The van der Waals surface area contributed by atoms with Crippen molar-refractivity contribution in [3.63, 3.8) is 0 Å². The summed E-state index contributed by atoms with van der Waals surface area (Å²) in [6, 6.07) is -0.259. The number of nitrogens with one attached hydrogen (secondary N) is 2. The standard InChI is InChI=1S/C17H31N3O2/c1-11(2)15(21)16(5,6)20-14(17(7,22)12(3)4)8-13-9-18-10-19-13/h9-12,14,20,22H,8H2,1-7H3,(H,18,19). The number of imidazole rings is 1. The van der Waals surface area contributed by atoms with Crippen molar-refractivity contribution in [3.05, 3.63) is 18.2 Å². The number of carbonyl (C=O) groups is 1. The van der Waals surface area contributed by atoms with E-state index in [4.69, 9.17) is 0 Å². The van der Waals surface area contributed by atoms with E-state index < -0.39 is 11.1 Å². The number of aromatic amines is 1. The van der Waals surface area contributed by atoms with E-state index in [2.05, 4.69) is 15.3 Å². The lowest BCUT2D eigenvalue weighted by Crippen LogP contribution is -2.62. The van der Waals surface area contributed by atoms with Crippen molar-refractivity contribution in [1.82, 2.24) is 15.3 Å². The van der Waals surface area contributed by atoms with Crippen LogP contribution < -0.4 is 5.32 Å². The third kappa shape index (κ3) is 4.40. The zero-order chi connectivity index (χ0) is 17.1. The van der Waals surface area contributed by atoms with Gasteiger partial charge in [0.2, 0.25) is 0 Å². The molecular weight excluding hydrogens is 278 g/mol. The molecule has 2 unspecified atom stereocenters. The smallest absolute Gasteiger partial charge is 0.154 e. The molecule has 22 heavy (non-hydrogen) atoms. The molecule has 0 aliphatic heterocycles. The summed E-state index contributed by atoms with van der Waals surface area (Å²) in [5, 5.41) is 14.3. The minimum absolute atomic E-state index is 0.0536. The lowest BCUT2D eigenvalue weighted by Gasteiger charge is -2.41. The number of rotatable bonds is 8. The lowest BCUT2D eigenvalue weighted by molar-refractivity contribution is -0.128. The molecule has 5 nitrogen and oxygen atoms in total. The van der Waals surface area contributed by atoms with Crippen LogP contribution in [-0.2, 0) is 11.2 Å². The van der Waals surface area contributed by atoms with E-state index in [0.717, 1.165) is 5.69 Å². The molecule has 0 radical (unpaired) electrons. The van der Waals surface area contributed by atoms with Crippen LogP contribution in [0.4, 0.5) is 0 Å². The highest BCUT2D eigenvalue weighted by Crippen LogP contribution is 2.26. The minimum atomic E-state index is -0.945. The van der Waals surface area contributed by atoms with Crippen molar-refractivity contribution in [2.45, 2.75) is 72.1 Å². The lowest BCUT2D eigenvalue weighted by atomic mass is 9.80. The van der Waals surface area contributed by atoms with Gasteiger partial charge in [-0.05, 0) is 26.7 Å². The molecule has 0 saturated carbocycles. The highest BCUT2D eigenvalue weighted by Gasteiger charge is 2.40. The van der Waals surface area contributed by atoms with E-state index >= 15 is 0 Å². The van der Waals surface area contributed by atoms with E-state index in [-0.39, 0.29) is 23.7 Å². The molecule has 0 bridgehead atoms. The summed E-state index contributed by atoms with van der Waals surface area (Å²) < 4.78 is 0. The van der Waals surface area contributed by atoms with Crippen molar-refractivity contribution in [3.8, 4) is 0 Å². The molecule has 0 aromatic carbocycles. The average molecular weight is 309 g/mol. The van der Waals surface area contributed by atoms with Crippen LogP contribution in [0.15, 0.2) is 12.5 Å². The summed E-state index contributed by atoms with van der Waals surface area (Å²) in [5.74, 6) is 0.138. The Morgan fingerprint density at radius 2 is 1.91 bits per heavy atom. The molecule has 5 heteroatoms. The first-order valence-electron chi connectivity index (χ1n) is 8.00. The Bertz CT molecular complexity index is 476. The molecule has 1 aromatic rings. The van der Waals surface area contributed by atoms with E-state index in [1.165, 1.54) is 0 Å². The van der Waals surface area contributed by atoms with Gasteiger partial charge in [0.1, 0.15) is 0 Å². The molecule has 0 fully saturated rings. The fraction of sp³-hybridized carbons (Fsp3) is 0.765. The second kappa shape index (κ2) is 6.92. The minimum Gasteiger partial charge on any atom is -0.388 e. The van der Waals surface area contributed by atoms with Gasteiger partial charge in [-0.25, -0.2) is 4.98 Å². The molecular formula is C17H31N3O2. The van der Waals surface area contributed by atoms with E-state index in [9.17, 15) is 9.90 Å². The third-order valence-electron chi connectivity index (χ3n) is 4.53. The predicted octanol–water partition coefficient (Wildman–Crippen LogP) is 2.32. The number of hydrogen-bond donors (Lipinski definition) is 3. The summed E-state index contributed by atoms with van der Waals surface area (Å²) >= 11 is 0. The third-order valence-corrected chi connectivity index (χ3v) is 4.53. The van der Waals surface area contributed by atoms with Gasteiger partial charge in [0.15, 0.2) is 5.78 Å². The fourth-order valence-electron chi connectivity index (χ4n) is 2.65. The molecule has 2 atom stereocenters. The van der Waals surface area contributed by atoms with Crippen LogP contribution in [0.3, 0.4) is 0 Å². The molecule has 1 aromatic heterocycles. The molecule has 0 aliphatic carbocycles. The van der Waals surface area contributed by atoms with Crippen LogP contribution in [0.5, 0.6) is 0 Å². The number of Topliss-reactive ketones (excluding diaryl/α,β-unsaturated/α-hetero) is 1. The van der Waals surface area contributed by atoms with Crippen molar-refractivity contribution < 1.29 is 9.90 Å². The van der Waals surface area contributed by atoms with Gasteiger partial charge in [0.25, 0.3) is 0 Å². The predicted molar refractivity (Wildman–Crippen MR) is 88.6 cm³/mol. The maximum atomic E-state index is 12.4. The maximum absolute atomic E-state index is 12.4. The summed E-state index contributed by atoms with van der Waals surface area (Å²) in [6.07, 6.45) is 3.96. The Morgan fingerprint density at radius 1 is 1.32 bits per heavy atom. The topological polar surface area (TPSA) is 78.0 Å². The molecule has 0 saturated heterocycles. The van der Waals surface area contributed by atoms with Gasteiger partial charge >= 0.3 is 0 Å². The fourth-order valence-corrected chi connectivity index (χ4v) is 2.65. The number of nitrogens with zero attached hydrogens (tertiary/aromatic N) is 1. The highest BCUT2D eigenvalue weighted by molar-refractivity contribution is 5.89. The number of H-pyrrole nitrogens is 1. The zero-order valence-corrected chi connectivity index (χ0v) is 14.9. The first-order chi connectivity index (χ1) is 9.98. The Balaban J connectivity index is 3.03. The molecule has 3 N–H and O–H groups in total. The maximum Gasteiger partial charge on any atom is 0.154 e. The monoisotopic (exact) mass is 309 g/mol. The number of hydrogen-bond acceptors (Lipinski definition) is 4. The Morgan fingerprint density at radius 3 is 2.32 bits per heavy atom. The second-order valence-corrected chi connectivity index (χ2v) is 7.50. The van der Waals surface area contributed by atoms with Gasteiger partial charge in [-0.2, -0.15) is 0 Å². The van der Waals surface area contributed by atoms with Gasteiger partial charge < -0.3 is 10.1 Å². The van der Waals surface area contributed by atoms with Crippen molar-refractivity contribution in [2.24, 2.45) is 11.8 Å². The number of aromatic nitrogens is 2. The van der Waals surface area contributed by atoms with Gasteiger partial charge in [0.05, 0.1) is 17.5 Å². The van der Waals surface area contributed by atoms with E-state index in [1.54, 1.807) is 12.5 Å². The van der Waals surface area contributed by atoms with Crippen LogP contribution in [0.25, 0.3) is 0 Å². The summed E-state index contributed by atoms with van der Waals surface area (Å²) in [7, 11) is 0. The normalized spacial score (nSPS) is 16.8. The molecule has 1 rings (SSSR count). The number of ketones is 1. The van der Waals surface area contributed by atoms with Crippen LogP contribution in [0.2, 0.25) is 0 Å². The van der Waals surface area contributed by atoms with Gasteiger partial charge in [-0.15, -0.1) is 0 Å². The van der Waals surface area contributed by atoms with Gasteiger partial charge in [0, 0.05) is 30.3 Å². The van der Waals surface area contributed by atoms with E-state index in [1.807, 2.05) is 48.5 Å². The zero-order valence-electron chi connectivity index (χ0n) is 14.9. The first-order valence-corrected chi connectivity index (χ1v) is 8.00. The van der Waals surface area contributed by atoms with Crippen molar-refractivity contribution in [1.29, 1.82) is 0 Å². The van der Waals surface area contributed by atoms with Crippen LogP contribution in [0.1, 0.15) is 54.2 Å². The SMILES string of the molecule is CC(C)C(=O)C(C)(C)NC(Cc1cnc[nH]1)C(C)(O)C(C)C. The molecule has 0 amide bonds. The quantitative estimate of drug-likeness (QED) is 0.688. The largest absolute Gasteiger partial charge is 0.388 e. The van der Waals surface area contributed by atoms with Gasteiger partial charge in [-0.3, -0.25) is 10.1 Å². The highest BCUT2D eigenvalue weighted by atomic mass is 16.3. The number of aliphatic hydroxyl groups is 1. The first kappa shape index (κ1) is 18.8. The summed E-state index contributed by atoms with van der Waals surface area (Å²) in [6.45, 7) is 13.4. The van der Waals surface area contributed by atoms with Crippen LogP contribution in [0, 0.1) is 11.8 Å². The van der Waals surface area contributed by atoms with Crippen LogP contribution in [-0.4, -0.2) is 38.0 Å². The molecule has 126 valence electrons. The van der Waals surface area contributed by atoms with Gasteiger partial charge in [-0.1, -0.05) is 27.7 Å².